The van der Waals surface area contributed by atoms with Gasteiger partial charge in [0.05, 0.1) is 22.4 Å². The first-order valence-electron chi connectivity index (χ1n) is 15.5. The van der Waals surface area contributed by atoms with Gasteiger partial charge in [0.15, 0.2) is 5.82 Å². The summed E-state index contributed by atoms with van der Waals surface area (Å²) < 4.78 is 2.36. The fraction of sp³-hybridized carbons (Fsp3) is 0.0476. The molecule has 0 atom stereocenters. The highest BCUT2D eigenvalue weighted by Crippen LogP contribution is 2.34. The monoisotopic (exact) mass is 579 g/mol. The minimum absolute atomic E-state index is 0.718. The van der Waals surface area contributed by atoms with Crippen molar-refractivity contribution < 1.29 is 0 Å². The van der Waals surface area contributed by atoms with E-state index in [0.29, 0.717) is 0 Å². The van der Waals surface area contributed by atoms with E-state index in [4.69, 9.17) is 9.97 Å². The Hall–Kier alpha value is -5.80. The highest BCUT2D eigenvalue weighted by Gasteiger charge is 2.14. The summed E-state index contributed by atoms with van der Waals surface area (Å²) in [6.07, 6.45) is 0. The molecule has 0 radical (unpaired) electrons. The first-order valence-corrected chi connectivity index (χ1v) is 15.5. The molecule has 0 saturated heterocycles. The molecule has 0 amide bonds. The predicted molar refractivity (Wildman–Crippen MR) is 189 cm³/mol. The molecule has 0 spiro atoms. The van der Waals surface area contributed by atoms with Crippen LogP contribution in [0.1, 0.15) is 13.8 Å². The first kappa shape index (κ1) is 28.0. The molecule has 0 bridgehead atoms. The van der Waals surface area contributed by atoms with E-state index in [1.54, 1.807) is 0 Å². The highest BCUT2D eigenvalue weighted by molar-refractivity contribution is 6.09. The molecule has 2 aromatic heterocycles. The van der Waals surface area contributed by atoms with Crippen molar-refractivity contribution >= 4 is 21.8 Å². The number of fused-ring (bicyclic) bond motifs is 3. The third-order valence-corrected chi connectivity index (χ3v) is 8.00. The number of aromatic nitrogens is 3. The van der Waals surface area contributed by atoms with Gasteiger partial charge in [0, 0.05) is 33.2 Å². The van der Waals surface area contributed by atoms with E-state index in [-0.39, 0.29) is 0 Å². The van der Waals surface area contributed by atoms with E-state index >= 15 is 0 Å². The van der Waals surface area contributed by atoms with Gasteiger partial charge in [-0.1, -0.05) is 141 Å². The lowest BCUT2D eigenvalue weighted by molar-refractivity contribution is 1.18. The van der Waals surface area contributed by atoms with E-state index in [0.717, 1.165) is 50.7 Å². The molecule has 8 rings (SSSR count). The molecule has 0 unspecified atom stereocenters. The van der Waals surface area contributed by atoms with Crippen molar-refractivity contribution in [1.29, 1.82) is 0 Å². The van der Waals surface area contributed by atoms with E-state index in [9.17, 15) is 0 Å². The zero-order chi connectivity index (χ0) is 30.6. The van der Waals surface area contributed by atoms with Crippen LogP contribution in [0.3, 0.4) is 0 Å². The Morgan fingerprint density at radius 3 is 1.49 bits per heavy atom. The van der Waals surface area contributed by atoms with Crippen molar-refractivity contribution in [2.24, 2.45) is 0 Å². The van der Waals surface area contributed by atoms with Gasteiger partial charge in [-0.15, -0.1) is 0 Å². The van der Waals surface area contributed by atoms with Crippen LogP contribution in [0.4, 0.5) is 0 Å². The molecule has 0 fully saturated rings. The summed E-state index contributed by atoms with van der Waals surface area (Å²) in [5.74, 6) is 0.718. The van der Waals surface area contributed by atoms with Crippen LogP contribution in [0, 0.1) is 0 Å². The van der Waals surface area contributed by atoms with Gasteiger partial charge in [-0.3, -0.25) is 0 Å². The van der Waals surface area contributed by atoms with Crippen molar-refractivity contribution in [3.8, 4) is 50.7 Å². The molecular formula is C42H33N3. The van der Waals surface area contributed by atoms with Gasteiger partial charge in [0.1, 0.15) is 0 Å². The molecule has 3 heteroatoms. The molecule has 0 aliphatic rings. The number of para-hydroxylation sites is 2. The molecule has 8 aromatic rings. The first-order chi connectivity index (χ1) is 22.3. The molecule has 0 aliphatic heterocycles. The Morgan fingerprint density at radius 1 is 0.378 bits per heavy atom. The van der Waals surface area contributed by atoms with Crippen LogP contribution in [-0.2, 0) is 0 Å². The fourth-order valence-corrected chi connectivity index (χ4v) is 5.95. The quantitative estimate of drug-likeness (QED) is 0.203. The number of rotatable bonds is 5. The summed E-state index contributed by atoms with van der Waals surface area (Å²) in [6.45, 7) is 4.00. The molecule has 216 valence electrons. The third kappa shape index (κ3) is 5.41. The predicted octanol–water partition coefficient (Wildman–Crippen LogP) is 11.3. The lowest BCUT2D eigenvalue weighted by Gasteiger charge is -2.12. The molecule has 2 heterocycles. The van der Waals surface area contributed by atoms with E-state index in [1.165, 1.54) is 21.8 Å². The topological polar surface area (TPSA) is 30.7 Å². The average molecular weight is 580 g/mol. The van der Waals surface area contributed by atoms with Crippen LogP contribution in [0.25, 0.3) is 72.5 Å². The van der Waals surface area contributed by atoms with Crippen LogP contribution < -0.4 is 0 Å². The normalized spacial score (nSPS) is 10.9. The van der Waals surface area contributed by atoms with Gasteiger partial charge in [-0.25, -0.2) is 9.97 Å². The van der Waals surface area contributed by atoms with Gasteiger partial charge in [0.2, 0.25) is 0 Å². The molecule has 0 saturated carbocycles. The second-order valence-electron chi connectivity index (χ2n) is 10.7. The molecule has 3 nitrogen and oxygen atoms in total. The van der Waals surface area contributed by atoms with Crippen molar-refractivity contribution in [3.63, 3.8) is 0 Å². The Kier molecular flexibility index (Phi) is 7.74. The lowest BCUT2D eigenvalue weighted by Crippen LogP contribution is -1.96. The van der Waals surface area contributed by atoms with Crippen molar-refractivity contribution in [2.45, 2.75) is 13.8 Å². The standard InChI is InChI=1S/C40H27N3.C2H6/c1-3-13-28(14-4-1)36-27-37(42-40(41-36)29-15-5-2-6-16-29)32-19-11-17-30(25-32)31-18-12-20-33(26-31)43-38-23-9-7-21-34(38)35-22-8-10-24-39(35)43;1-2/h1-27H;1-2H3. The minimum atomic E-state index is 0.718. The zero-order valence-electron chi connectivity index (χ0n) is 25.4. The minimum Gasteiger partial charge on any atom is -0.309 e. The van der Waals surface area contributed by atoms with E-state index in [2.05, 4.69) is 132 Å². The summed E-state index contributed by atoms with van der Waals surface area (Å²) in [4.78, 5) is 10.0. The maximum absolute atomic E-state index is 5.05. The van der Waals surface area contributed by atoms with Crippen LogP contribution in [0.5, 0.6) is 0 Å². The van der Waals surface area contributed by atoms with Crippen LogP contribution in [0.15, 0.2) is 164 Å². The van der Waals surface area contributed by atoms with Gasteiger partial charge in [-0.05, 0) is 47.5 Å². The summed E-state index contributed by atoms with van der Waals surface area (Å²) in [7, 11) is 0. The number of benzene rings is 6. The van der Waals surface area contributed by atoms with Crippen LogP contribution >= 0.6 is 0 Å². The maximum Gasteiger partial charge on any atom is 0.160 e. The summed E-state index contributed by atoms with van der Waals surface area (Å²) >= 11 is 0. The van der Waals surface area contributed by atoms with Crippen LogP contribution in [0.2, 0.25) is 0 Å². The van der Waals surface area contributed by atoms with E-state index < -0.39 is 0 Å². The number of nitrogens with zero attached hydrogens (tertiary/aromatic N) is 3. The number of hydrogen-bond acceptors (Lipinski definition) is 2. The molecule has 6 aromatic carbocycles. The fourth-order valence-electron chi connectivity index (χ4n) is 5.95. The molecular weight excluding hydrogens is 546 g/mol. The Labute approximate surface area is 264 Å². The van der Waals surface area contributed by atoms with Crippen molar-refractivity contribution in [2.75, 3.05) is 0 Å². The SMILES string of the molecule is CC.c1ccc(-c2cc(-c3cccc(-c4cccc(-n5c6ccccc6c6ccccc65)c4)c3)nc(-c3ccccc3)n2)cc1. The average Bonchev–Trinajstić information content (AvgIpc) is 3.48. The summed E-state index contributed by atoms with van der Waals surface area (Å²) in [5, 5.41) is 2.52. The zero-order valence-corrected chi connectivity index (χ0v) is 25.4. The maximum atomic E-state index is 5.05. The van der Waals surface area contributed by atoms with Gasteiger partial charge < -0.3 is 4.57 Å². The lowest BCUT2D eigenvalue weighted by atomic mass is 10.00. The third-order valence-electron chi connectivity index (χ3n) is 8.00. The Balaban J connectivity index is 0.00000160. The molecule has 0 N–H and O–H groups in total. The molecule has 0 aliphatic carbocycles. The smallest absolute Gasteiger partial charge is 0.160 e. The highest BCUT2D eigenvalue weighted by atomic mass is 15.0. The van der Waals surface area contributed by atoms with Gasteiger partial charge >= 0.3 is 0 Å². The molecule has 45 heavy (non-hydrogen) atoms. The van der Waals surface area contributed by atoms with Crippen molar-refractivity contribution in [1.82, 2.24) is 14.5 Å². The van der Waals surface area contributed by atoms with Gasteiger partial charge in [-0.2, -0.15) is 0 Å². The van der Waals surface area contributed by atoms with Crippen molar-refractivity contribution in [3.05, 3.63) is 164 Å². The second-order valence-corrected chi connectivity index (χ2v) is 10.7. The number of hydrogen-bond donors (Lipinski definition) is 0. The van der Waals surface area contributed by atoms with E-state index in [1.807, 2.05) is 50.2 Å². The van der Waals surface area contributed by atoms with Gasteiger partial charge in [0.25, 0.3) is 0 Å². The Bertz CT molecular complexity index is 2120. The van der Waals surface area contributed by atoms with Crippen LogP contribution in [-0.4, -0.2) is 14.5 Å². The summed E-state index contributed by atoms with van der Waals surface area (Å²) in [6, 6.07) is 57.3. The second kappa shape index (κ2) is 12.4. The summed E-state index contributed by atoms with van der Waals surface area (Å²) in [5.41, 5.74) is 10.8. The largest absolute Gasteiger partial charge is 0.309 e. The Morgan fingerprint density at radius 2 is 0.844 bits per heavy atom.